The van der Waals surface area contributed by atoms with E-state index in [4.69, 9.17) is 4.74 Å². The second-order valence-corrected chi connectivity index (χ2v) is 8.00. The molecule has 1 aliphatic carbocycles. The molecule has 0 aromatic rings. The summed E-state index contributed by atoms with van der Waals surface area (Å²) in [6.45, 7) is 3.16. The molecule has 2 heterocycles. The van der Waals surface area contributed by atoms with Gasteiger partial charge in [-0.25, -0.2) is 0 Å². The van der Waals surface area contributed by atoms with Gasteiger partial charge in [0, 0.05) is 12.4 Å². The first-order chi connectivity index (χ1) is 8.64. The molecule has 1 spiro atoms. The van der Waals surface area contributed by atoms with Gasteiger partial charge in [0.1, 0.15) is 0 Å². The third-order valence-electron chi connectivity index (χ3n) is 5.50. The Labute approximate surface area is 115 Å². The quantitative estimate of drug-likeness (QED) is 0.835. The van der Waals surface area contributed by atoms with Gasteiger partial charge in [-0.2, -0.15) is 11.8 Å². The first kappa shape index (κ1) is 13.3. The molecular weight excluding hydrogens is 244 g/mol. The topological polar surface area (TPSA) is 29.5 Å². The van der Waals surface area contributed by atoms with Crippen LogP contribution in [0.4, 0.5) is 0 Å². The highest BCUT2D eigenvalue weighted by atomic mass is 32.2. The van der Waals surface area contributed by atoms with E-state index in [-0.39, 0.29) is 17.1 Å². The number of rotatable bonds is 2. The highest BCUT2D eigenvalue weighted by Gasteiger charge is 2.47. The summed E-state index contributed by atoms with van der Waals surface area (Å²) in [6, 6.07) is 0. The molecule has 2 saturated heterocycles. The zero-order chi connectivity index (χ0) is 12.6. The number of aliphatic hydroxyl groups excluding tert-OH is 1. The molecule has 0 bridgehead atoms. The summed E-state index contributed by atoms with van der Waals surface area (Å²) in [5, 5.41) is 10.8. The summed E-state index contributed by atoms with van der Waals surface area (Å²) in [4.78, 5) is 0. The van der Waals surface area contributed by atoms with Crippen molar-refractivity contribution in [2.75, 3.05) is 18.1 Å². The van der Waals surface area contributed by atoms with Gasteiger partial charge in [0.15, 0.2) is 0 Å². The minimum atomic E-state index is -0.105. The van der Waals surface area contributed by atoms with Crippen molar-refractivity contribution in [3.8, 4) is 0 Å². The predicted octanol–water partition coefficient (Wildman–Crippen LogP) is 3.23. The van der Waals surface area contributed by atoms with E-state index in [0.717, 1.165) is 25.2 Å². The summed E-state index contributed by atoms with van der Waals surface area (Å²) < 4.78 is 6.07. The Kier molecular flexibility index (Phi) is 3.68. The van der Waals surface area contributed by atoms with Crippen molar-refractivity contribution in [2.45, 2.75) is 63.6 Å². The molecule has 3 aliphatic rings. The maximum absolute atomic E-state index is 10.8. The first-order valence-corrected chi connectivity index (χ1v) is 8.69. The average Bonchev–Trinajstić information content (AvgIpc) is 2.99. The highest BCUT2D eigenvalue weighted by molar-refractivity contribution is 7.99. The van der Waals surface area contributed by atoms with Gasteiger partial charge in [-0.1, -0.05) is 19.8 Å². The normalized spacial score (nSPS) is 41.3. The second kappa shape index (κ2) is 4.99. The summed E-state index contributed by atoms with van der Waals surface area (Å²) in [6.07, 6.45) is 8.28. The number of aliphatic hydroxyl groups is 1. The molecule has 3 heteroatoms. The van der Waals surface area contributed by atoms with Crippen molar-refractivity contribution in [2.24, 2.45) is 11.3 Å². The Balaban J connectivity index is 1.68. The van der Waals surface area contributed by atoms with E-state index in [0.29, 0.717) is 5.92 Å². The van der Waals surface area contributed by atoms with Crippen LogP contribution < -0.4 is 0 Å². The largest absolute Gasteiger partial charge is 0.392 e. The third-order valence-corrected chi connectivity index (χ3v) is 6.73. The lowest BCUT2D eigenvalue weighted by Gasteiger charge is -2.43. The molecule has 3 rings (SSSR count). The van der Waals surface area contributed by atoms with E-state index in [1.165, 1.54) is 37.9 Å². The molecule has 1 saturated carbocycles. The van der Waals surface area contributed by atoms with Crippen molar-refractivity contribution in [3.63, 3.8) is 0 Å². The second-order valence-electron chi connectivity index (χ2n) is 6.89. The smallest absolute Gasteiger partial charge is 0.0783 e. The lowest BCUT2D eigenvalue weighted by Crippen LogP contribution is -2.47. The van der Waals surface area contributed by atoms with Gasteiger partial charge in [0.05, 0.1) is 11.7 Å². The van der Waals surface area contributed by atoms with Crippen LogP contribution in [0.2, 0.25) is 0 Å². The molecule has 0 amide bonds. The fraction of sp³-hybridized carbons (Fsp3) is 1.00. The van der Waals surface area contributed by atoms with Crippen LogP contribution in [0.25, 0.3) is 0 Å². The molecule has 18 heavy (non-hydrogen) atoms. The van der Waals surface area contributed by atoms with Gasteiger partial charge in [-0.15, -0.1) is 0 Å². The van der Waals surface area contributed by atoms with Gasteiger partial charge in [-0.3, -0.25) is 0 Å². The minimum Gasteiger partial charge on any atom is -0.392 e. The SMILES string of the molecule is CC1(C(O)C2CCOC3(CCSC3)C2)CCCC1. The zero-order valence-electron chi connectivity index (χ0n) is 11.5. The number of hydrogen-bond acceptors (Lipinski definition) is 3. The Morgan fingerprint density at radius 1 is 1.28 bits per heavy atom. The molecule has 1 N–H and O–H groups in total. The van der Waals surface area contributed by atoms with Crippen molar-refractivity contribution < 1.29 is 9.84 Å². The molecule has 3 fully saturated rings. The Morgan fingerprint density at radius 2 is 2.06 bits per heavy atom. The van der Waals surface area contributed by atoms with Gasteiger partial charge >= 0.3 is 0 Å². The fourth-order valence-electron chi connectivity index (χ4n) is 4.25. The molecule has 3 atom stereocenters. The van der Waals surface area contributed by atoms with E-state index in [2.05, 4.69) is 6.92 Å². The molecule has 0 aromatic heterocycles. The van der Waals surface area contributed by atoms with Crippen molar-refractivity contribution in [1.82, 2.24) is 0 Å². The van der Waals surface area contributed by atoms with Crippen molar-refractivity contribution in [3.05, 3.63) is 0 Å². The van der Waals surface area contributed by atoms with E-state index < -0.39 is 0 Å². The van der Waals surface area contributed by atoms with E-state index >= 15 is 0 Å². The standard InChI is InChI=1S/C15H26O2S/c1-14(5-2-3-6-14)13(16)12-4-8-17-15(10-12)7-9-18-11-15/h12-13,16H,2-11H2,1H3. The average molecular weight is 270 g/mol. The monoisotopic (exact) mass is 270 g/mol. The van der Waals surface area contributed by atoms with Crippen LogP contribution in [-0.2, 0) is 4.74 Å². The van der Waals surface area contributed by atoms with Crippen LogP contribution in [0.5, 0.6) is 0 Å². The summed E-state index contributed by atoms with van der Waals surface area (Å²) in [7, 11) is 0. The predicted molar refractivity (Wildman–Crippen MR) is 75.9 cm³/mol. The summed E-state index contributed by atoms with van der Waals surface area (Å²) in [5.74, 6) is 2.85. The summed E-state index contributed by atoms with van der Waals surface area (Å²) in [5.41, 5.74) is 0.304. The van der Waals surface area contributed by atoms with Gasteiger partial charge in [-0.05, 0) is 49.2 Å². The van der Waals surface area contributed by atoms with Gasteiger partial charge in [0.2, 0.25) is 0 Å². The Hall–Kier alpha value is 0.270. The number of ether oxygens (including phenoxy) is 1. The van der Waals surface area contributed by atoms with Crippen LogP contribution in [0.1, 0.15) is 51.9 Å². The molecule has 104 valence electrons. The highest BCUT2D eigenvalue weighted by Crippen LogP contribution is 2.48. The van der Waals surface area contributed by atoms with Gasteiger partial charge in [0.25, 0.3) is 0 Å². The zero-order valence-corrected chi connectivity index (χ0v) is 12.3. The van der Waals surface area contributed by atoms with Crippen molar-refractivity contribution >= 4 is 11.8 Å². The van der Waals surface area contributed by atoms with E-state index in [9.17, 15) is 5.11 Å². The van der Waals surface area contributed by atoms with Crippen LogP contribution >= 0.6 is 11.8 Å². The van der Waals surface area contributed by atoms with Crippen LogP contribution in [0.15, 0.2) is 0 Å². The first-order valence-electron chi connectivity index (χ1n) is 7.53. The fourth-order valence-corrected chi connectivity index (χ4v) is 5.62. The molecule has 3 unspecified atom stereocenters. The maximum Gasteiger partial charge on any atom is 0.0783 e. The molecule has 2 nitrogen and oxygen atoms in total. The molecule has 2 aliphatic heterocycles. The third kappa shape index (κ3) is 2.34. The maximum atomic E-state index is 10.8. The lowest BCUT2D eigenvalue weighted by atomic mass is 9.71. The van der Waals surface area contributed by atoms with Gasteiger partial charge < -0.3 is 9.84 Å². The number of thioether (sulfide) groups is 1. The Morgan fingerprint density at radius 3 is 2.72 bits per heavy atom. The Bertz CT molecular complexity index is 283. The molecule has 0 radical (unpaired) electrons. The van der Waals surface area contributed by atoms with E-state index in [1.807, 2.05) is 11.8 Å². The van der Waals surface area contributed by atoms with Crippen LogP contribution in [-0.4, -0.2) is 34.9 Å². The molecular formula is C15H26O2S. The van der Waals surface area contributed by atoms with Crippen molar-refractivity contribution in [1.29, 1.82) is 0 Å². The molecule has 0 aromatic carbocycles. The lowest BCUT2D eigenvalue weighted by molar-refractivity contribution is -0.121. The van der Waals surface area contributed by atoms with Crippen LogP contribution in [0.3, 0.4) is 0 Å². The van der Waals surface area contributed by atoms with Crippen LogP contribution in [0, 0.1) is 11.3 Å². The van der Waals surface area contributed by atoms with E-state index in [1.54, 1.807) is 0 Å². The summed E-state index contributed by atoms with van der Waals surface area (Å²) >= 11 is 2.02. The number of hydrogen-bond donors (Lipinski definition) is 1. The minimum absolute atomic E-state index is 0.105.